The highest BCUT2D eigenvalue weighted by atomic mass is 19.3. The summed E-state index contributed by atoms with van der Waals surface area (Å²) < 4.78 is 36.1. The van der Waals surface area contributed by atoms with Crippen molar-refractivity contribution in [2.45, 2.75) is 44.4 Å². The molecule has 3 aromatic carbocycles. The molecule has 1 fully saturated rings. The van der Waals surface area contributed by atoms with Gasteiger partial charge in [-0.2, -0.15) is 0 Å². The Morgan fingerprint density at radius 3 is 2.42 bits per heavy atom. The van der Waals surface area contributed by atoms with Gasteiger partial charge in [-0.15, -0.1) is 8.78 Å². The molecule has 0 bridgehead atoms. The zero-order valence-corrected chi connectivity index (χ0v) is 20.6. The van der Waals surface area contributed by atoms with Crippen LogP contribution in [0.1, 0.15) is 36.6 Å². The number of aromatic nitrogens is 1. The number of alkyl halides is 2. The van der Waals surface area contributed by atoms with Gasteiger partial charge in [-0.1, -0.05) is 54.6 Å². The summed E-state index contributed by atoms with van der Waals surface area (Å²) in [4.78, 5) is 29.7. The third-order valence-electron chi connectivity index (χ3n) is 7.14. The van der Waals surface area contributed by atoms with Gasteiger partial charge in [0.2, 0.25) is 5.91 Å². The first kappa shape index (κ1) is 24.0. The molecule has 1 amide bonds. The van der Waals surface area contributed by atoms with Crippen LogP contribution < -0.4 is 14.8 Å². The van der Waals surface area contributed by atoms with Crippen molar-refractivity contribution in [3.8, 4) is 22.8 Å². The van der Waals surface area contributed by atoms with Crippen LogP contribution in [0.25, 0.3) is 22.0 Å². The van der Waals surface area contributed by atoms with Gasteiger partial charge in [-0.3, -0.25) is 14.6 Å². The molecule has 1 aromatic heterocycles. The molecule has 38 heavy (non-hydrogen) atoms. The molecule has 2 heterocycles. The fourth-order valence-corrected chi connectivity index (χ4v) is 5.01. The third kappa shape index (κ3) is 4.47. The summed E-state index contributed by atoms with van der Waals surface area (Å²) in [6, 6.07) is 22.2. The number of ether oxygens (including phenoxy) is 2. The Kier molecular flexibility index (Phi) is 5.63. The highest BCUT2D eigenvalue weighted by Crippen LogP contribution is 2.52. The maximum Gasteiger partial charge on any atom is 0.586 e. The molecule has 0 atom stereocenters. The maximum absolute atomic E-state index is 13.6. The second-order valence-corrected chi connectivity index (χ2v) is 9.80. The molecule has 0 radical (unpaired) electrons. The Hall–Kier alpha value is -4.33. The number of pyridine rings is 1. The number of ketones is 1. The van der Waals surface area contributed by atoms with Crippen molar-refractivity contribution in [2.24, 2.45) is 0 Å². The number of hydrogen-bond donors (Lipinski definition) is 1. The molecule has 6 nitrogen and oxygen atoms in total. The third-order valence-corrected chi connectivity index (χ3v) is 7.14. The Balaban J connectivity index is 1.29. The van der Waals surface area contributed by atoms with Gasteiger partial charge in [0.1, 0.15) is 5.78 Å². The number of hydrogen-bond acceptors (Lipinski definition) is 5. The summed E-state index contributed by atoms with van der Waals surface area (Å²) in [7, 11) is 0. The van der Waals surface area contributed by atoms with Crippen molar-refractivity contribution in [3.63, 3.8) is 0 Å². The van der Waals surface area contributed by atoms with Gasteiger partial charge in [0, 0.05) is 36.5 Å². The lowest BCUT2D eigenvalue weighted by atomic mass is 9.88. The quantitative estimate of drug-likeness (QED) is 0.342. The number of halogens is 2. The molecule has 6 rings (SSSR count). The summed E-state index contributed by atoms with van der Waals surface area (Å²) in [5.41, 5.74) is 3.20. The minimum Gasteiger partial charge on any atom is -0.395 e. The molecule has 0 saturated heterocycles. The van der Waals surface area contributed by atoms with E-state index in [1.165, 1.54) is 19.1 Å². The Bertz CT molecular complexity index is 1580. The van der Waals surface area contributed by atoms with E-state index in [1.807, 2.05) is 54.6 Å². The second-order valence-electron chi connectivity index (χ2n) is 9.80. The van der Waals surface area contributed by atoms with Crippen molar-refractivity contribution in [1.29, 1.82) is 0 Å². The van der Waals surface area contributed by atoms with Crippen LogP contribution in [0.5, 0.6) is 11.5 Å². The molecule has 192 valence electrons. The largest absolute Gasteiger partial charge is 0.586 e. The minimum absolute atomic E-state index is 0.0116. The van der Waals surface area contributed by atoms with E-state index < -0.39 is 11.7 Å². The van der Waals surface area contributed by atoms with Crippen LogP contribution in [0.15, 0.2) is 72.8 Å². The summed E-state index contributed by atoms with van der Waals surface area (Å²) in [5.74, 6) is -0.195. The molecule has 4 aromatic rings. The van der Waals surface area contributed by atoms with E-state index in [2.05, 4.69) is 14.8 Å². The van der Waals surface area contributed by atoms with Gasteiger partial charge in [0.05, 0.1) is 11.1 Å². The molecule has 8 heteroatoms. The fraction of sp³-hybridized carbons (Fsp3) is 0.233. The zero-order chi connectivity index (χ0) is 26.5. The predicted octanol–water partition coefficient (Wildman–Crippen LogP) is 5.70. The topological polar surface area (TPSA) is 77.5 Å². The molecule has 1 aliphatic heterocycles. The molecule has 2 aliphatic rings. The maximum atomic E-state index is 13.6. The van der Waals surface area contributed by atoms with Gasteiger partial charge in [-0.25, -0.2) is 0 Å². The van der Waals surface area contributed by atoms with E-state index in [0.29, 0.717) is 30.6 Å². The summed E-state index contributed by atoms with van der Waals surface area (Å²) in [6.45, 7) is 1.92. The van der Waals surface area contributed by atoms with Crippen LogP contribution in [0.2, 0.25) is 0 Å². The molecule has 1 aliphatic carbocycles. The molecular formula is C30H24F2N2O4. The van der Waals surface area contributed by atoms with Gasteiger partial charge in [0.25, 0.3) is 0 Å². The number of rotatable bonds is 7. The number of nitrogens with one attached hydrogen (secondary N) is 1. The Morgan fingerprint density at radius 1 is 0.947 bits per heavy atom. The number of carbonyl (C=O) groups is 2. The van der Waals surface area contributed by atoms with E-state index >= 15 is 0 Å². The van der Waals surface area contributed by atoms with E-state index in [-0.39, 0.29) is 29.6 Å². The summed E-state index contributed by atoms with van der Waals surface area (Å²) >= 11 is 0. The summed E-state index contributed by atoms with van der Waals surface area (Å²) in [5, 5.41) is 4.73. The molecule has 0 spiro atoms. The summed E-state index contributed by atoms with van der Waals surface area (Å²) in [6.07, 6.45) is -2.31. The Labute approximate surface area is 217 Å². The molecule has 1 saturated carbocycles. The van der Waals surface area contributed by atoms with Crippen LogP contribution >= 0.6 is 0 Å². The zero-order valence-electron chi connectivity index (χ0n) is 20.6. The number of nitrogens with zero attached hydrogens (tertiary/aromatic N) is 1. The first-order chi connectivity index (χ1) is 18.2. The first-order valence-electron chi connectivity index (χ1n) is 12.4. The molecule has 1 N–H and O–H groups in total. The number of fused-ring (bicyclic) bond motifs is 2. The van der Waals surface area contributed by atoms with Gasteiger partial charge in [0.15, 0.2) is 11.5 Å². The normalized spacial score (nSPS) is 16.3. The molecular weight excluding hydrogens is 490 g/mol. The lowest BCUT2D eigenvalue weighted by Gasteiger charge is -2.16. The van der Waals surface area contributed by atoms with Crippen LogP contribution in [-0.2, 0) is 28.0 Å². The monoisotopic (exact) mass is 514 g/mol. The highest BCUT2D eigenvalue weighted by Gasteiger charge is 2.52. The van der Waals surface area contributed by atoms with Crippen LogP contribution in [0.4, 0.5) is 8.78 Å². The lowest BCUT2D eigenvalue weighted by Crippen LogP contribution is -2.26. The van der Waals surface area contributed by atoms with Crippen LogP contribution in [0.3, 0.4) is 0 Å². The van der Waals surface area contributed by atoms with E-state index in [1.54, 1.807) is 6.07 Å². The van der Waals surface area contributed by atoms with Gasteiger partial charge in [-0.05, 0) is 47.6 Å². The highest BCUT2D eigenvalue weighted by molar-refractivity contribution is 5.98. The van der Waals surface area contributed by atoms with E-state index in [0.717, 1.165) is 27.6 Å². The second kappa shape index (κ2) is 8.90. The SMILES string of the molecule is CC(=O)NCc1ccc(-c2nc(CC(=O)C3(c4ccc5c(c4)OC(F)(F)O5)CC3)cc3ccccc23)cc1. The number of Topliss-reactive ketones (excluding diaryl/α,β-unsaturated/α-hetero) is 1. The van der Waals surface area contributed by atoms with Crippen LogP contribution in [0, 0.1) is 0 Å². The standard InChI is InChI=1S/C30H24F2N2O4/c1-18(35)33-17-19-6-8-20(9-7-19)28-24-5-3-2-4-21(24)14-23(34-28)16-27(36)29(12-13-29)22-10-11-25-26(15-22)38-30(31,32)37-25/h2-11,14-15H,12-13,16-17H2,1H3,(H,33,35). The van der Waals surface area contributed by atoms with Crippen molar-refractivity contribution in [1.82, 2.24) is 10.3 Å². The number of carbonyl (C=O) groups excluding carboxylic acids is 2. The van der Waals surface area contributed by atoms with Crippen LogP contribution in [-0.4, -0.2) is 23.0 Å². The first-order valence-corrected chi connectivity index (χ1v) is 12.4. The van der Waals surface area contributed by atoms with Gasteiger partial charge < -0.3 is 14.8 Å². The number of benzene rings is 3. The minimum atomic E-state index is -3.70. The van der Waals surface area contributed by atoms with E-state index in [4.69, 9.17) is 4.98 Å². The van der Waals surface area contributed by atoms with Gasteiger partial charge >= 0.3 is 6.29 Å². The average molecular weight is 515 g/mol. The van der Waals surface area contributed by atoms with E-state index in [9.17, 15) is 18.4 Å². The average Bonchev–Trinajstić information content (AvgIpc) is 3.64. The smallest absolute Gasteiger partial charge is 0.395 e. The van der Waals surface area contributed by atoms with Crippen molar-refractivity contribution >= 4 is 22.5 Å². The Morgan fingerprint density at radius 2 is 1.68 bits per heavy atom. The number of amides is 1. The van der Waals surface area contributed by atoms with Crippen molar-refractivity contribution in [2.75, 3.05) is 0 Å². The lowest BCUT2D eigenvalue weighted by molar-refractivity contribution is -0.286. The predicted molar refractivity (Wildman–Crippen MR) is 137 cm³/mol. The van der Waals surface area contributed by atoms with Crippen molar-refractivity contribution in [3.05, 3.63) is 89.6 Å². The fourth-order valence-electron chi connectivity index (χ4n) is 5.01. The molecule has 0 unspecified atom stereocenters. The van der Waals surface area contributed by atoms with Crippen molar-refractivity contribution < 1.29 is 27.8 Å².